The Balaban J connectivity index is 1.23. The van der Waals surface area contributed by atoms with E-state index >= 15 is 0 Å². The first-order valence-corrected chi connectivity index (χ1v) is 11.0. The van der Waals surface area contributed by atoms with Crippen molar-refractivity contribution in [3.63, 3.8) is 0 Å². The van der Waals surface area contributed by atoms with Gasteiger partial charge in [-0.1, -0.05) is 30.3 Å². The fourth-order valence-electron chi connectivity index (χ4n) is 3.63. The van der Waals surface area contributed by atoms with Crippen LogP contribution in [-0.2, 0) is 4.79 Å². The van der Waals surface area contributed by atoms with Crippen LogP contribution in [0.3, 0.4) is 0 Å². The van der Waals surface area contributed by atoms with Crippen LogP contribution in [0, 0.1) is 0 Å². The summed E-state index contributed by atoms with van der Waals surface area (Å²) in [5, 5.41) is 14.1. The normalized spacial score (nSPS) is 16.1. The van der Waals surface area contributed by atoms with Gasteiger partial charge < -0.3 is 19.9 Å². The van der Waals surface area contributed by atoms with Crippen molar-refractivity contribution in [2.75, 3.05) is 19.9 Å². The molecule has 0 spiro atoms. The molecule has 0 unspecified atom stereocenters. The van der Waals surface area contributed by atoms with Gasteiger partial charge in [-0.05, 0) is 58.4 Å². The van der Waals surface area contributed by atoms with Crippen molar-refractivity contribution in [2.24, 2.45) is 0 Å². The molecule has 3 amide bonds. The number of benzene rings is 3. The number of aromatic hydroxyl groups is 1. The Hall–Kier alpha value is -3.98. The minimum absolute atomic E-state index is 0.0171. The Morgan fingerprint density at radius 1 is 1.06 bits per heavy atom. The van der Waals surface area contributed by atoms with Gasteiger partial charge >= 0.3 is 0 Å². The molecule has 2 aliphatic heterocycles. The van der Waals surface area contributed by atoms with Crippen LogP contribution < -0.4 is 14.8 Å². The molecule has 0 radical (unpaired) electrons. The molecule has 0 atom stereocenters. The molecule has 166 valence electrons. The molecule has 0 bridgehead atoms. The summed E-state index contributed by atoms with van der Waals surface area (Å²) < 4.78 is 10.6. The molecule has 3 aromatic rings. The van der Waals surface area contributed by atoms with Gasteiger partial charge in [-0.3, -0.25) is 19.3 Å². The van der Waals surface area contributed by atoms with E-state index in [4.69, 9.17) is 9.47 Å². The molecular formula is C24H18N2O6S. The maximum Gasteiger partial charge on any atom is 0.293 e. The molecular weight excluding hydrogens is 444 g/mol. The molecule has 33 heavy (non-hydrogen) atoms. The smallest absolute Gasteiger partial charge is 0.293 e. The lowest BCUT2D eigenvalue weighted by atomic mass is 10.1. The molecule has 2 heterocycles. The highest BCUT2D eigenvalue weighted by atomic mass is 32.2. The van der Waals surface area contributed by atoms with Gasteiger partial charge in [0.25, 0.3) is 17.1 Å². The number of amides is 3. The summed E-state index contributed by atoms with van der Waals surface area (Å²) in [5.74, 6) is 0.173. The zero-order chi connectivity index (χ0) is 22.9. The Bertz CT molecular complexity index is 1340. The van der Waals surface area contributed by atoms with Crippen LogP contribution in [0.2, 0.25) is 0 Å². The minimum Gasteiger partial charge on any atom is -0.507 e. The summed E-state index contributed by atoms with van der Waals surface area (Å²) in [6, 6.07) is 15.8. The minimum atomic E-state index is -0.485. The lowest BCUT2D eigenvalue weighted by molar-refractivity contribution is -0.122. The standard InChI is InChI=1S/C24H18N2O6S/c27-18-12-16-4-2-1-3-15(16)11-17(18)22(28)25-7-8-26-23(29)21(33-24(26)30)10-14-5-6-19-20(9-14)32-13-31-19/h1-6,9-12,27H,7-8,13H2,(H,25,28). The summed E-state index contributed by atoms with van der Waals surface area (Å²) >= 11 is 0.843. The highest BCUT2D eigenvalue weighted by molar-refractivity contribution is 8.18. The largest absolute Gasteiger partial charge is 0.507 e. The number of hydrogen-bond acceptors (Lipinski definition) is 7. The van der Waals surface area contributed by atoms with E-state index < -0.39 is 17.1 Å². The van der Waals surface area contributed by atoms with E-state index in [1.54, 1.807) is 30.3 Å². The average molecular weight is 462 g/mol. The molecule has 9 heteroatoms. The van der Waals surface area contributed by atoms with E-state index in [2.05, 4.69) is 5.32 Å². The van der Waals surface area contributed by atoms with E-state index in [9.17, 15) is 19.5 Å². The molecule has 2 aliphatic rings. The molecule has 1 saturated heterocycles. The number of carbonyl (C=O) groups excluding carboxylic acids is 3. The molecule has 3 aromatic carbocycles. The summed E-state index contributed by atoms with van der Waals surface area (Å²) in [6.45, 7) is 0.224. The van der Waals surface area contributed by atoms with Crippen molar-refractivity contribution in [3.8, 4) is 17.2 Å². The summed E-state index contributed by atoms with van der Waals surface area (Å²) in [5.41, 5.74) is 0.843. The summed E-state index contributed by atoms with van der Waals surface area (Å²) in [4.78, 5) is 39.0. The highest BCUT2D eigenvalue weighted by Gasteiger charge is 2.34. The third kappa shape index (κ3) is 4.10. The van der Waals surface area contributed by atoms with Gasteiger partial charge in [-0.15, -0.1) is 0 Å². The van der Waals surface area contributed by atoms with Gasteiger partial charge in [-0.2, -0.15) is 0 Å². The van der Waals surface area contributed by atoms with E-state index in [-0.39, 0.29) is 36.1 Å². The van der Waals surface area contributed by atoms with Crippen molar-refractivity contribution in [1.82, 2.24) is 10.2 Å². The maximum atomic E-state index is 12.7. The Morgan fingerprint density at radius 2 is 1.82 bits per heavy atom. The van der Waals surface area contributed by atoms with Crippen molar-refractivity contribution in [2.45, 2.75) is 0 Å². The number of nitrogens with one attached hydrogen (secondary N) is 1. The average Bonchev–Trinajstić information content (AvgIpc) is 3.37. The van der Waals surface area contributed by atoms with Gasteiger partial charge in [0, 0.05) is 13.1 Å². The van der Waals surface area contributed by atoms with Crippen molar-refractivity contribution in [1.29, 1.82) is 0 Å². The zero-order valence-electron chi connectivity index (χ0n) is 17.2. The SMILES string of the molecule is O=C(NCCN1C(=O)SC(=Cc2ccc3c(c2)OCO3)C1=O)c1cc2ccccc2cc1O. The number of phenols is 1. The summed E-state index contributed by atoms with van der Waals surface area (Å²) in [6.07, 6.45) is 1.62. The van der Waals surface area contributed by atoms with Crippen molar-refractivity contribution in [3.05, 3.63) is 70.6 Å². The summed E-state index contributed by atoms with van der Waals surface area (Å²) in [7, 11) is 0. The quantitative estimate of drug-likeness (QED) is 0.557. The van der Waals surface area contributed by atoms with Crippen LogP contribution in [0.1, 0.15) is 15.9 Å². The van der Waals surface area contributed by atoms with Crippen LogP contribution in [-0.4, -0.2) is 46.9 Å². The lowest BCUT2D eigenvalue weighted by Gasteiger charge is -2.13. The predicted octanol–water partition coefficient (Wildman–Crippen LogP) is 3.74. The third-order valence-electron chi connectivity index (χ3n) is 5.30. The molecule has 8 nitrogen and oxygen atoms in total. The van der Waals surface area contributed by atoms with Crippen LogP contribution in [0.4, 0.5) is 4.79 Å². The van der Waals surface area contributed by atoms with Crippen LogP contribution >= 0.6 is 11.8 Å². The number of fused-ring (bicyclic) bond motifs is 2. The monoisotopic (exact) mass is 462 g/mol. The van der Waals surface area contributed by atoms with Gasteiger partial charge in [0.05, 0.1) is 10.5 Å². The van der Waals surface area contributed by atoms with Crippen LogP contribution in [0.25, 0.3) is 16.8 Å². The Kier molecular flexibility index (Phi) is 5.39. The van der Waals surface area contributed by atoms with Gasteiger partial charge in [-0.25, -0.2) is 0 Å². The predicted molar refractivity (Wildman–Crippen MR) is 123 cm³/mol. The maximum absolute atomic E-state index is 12.7. The van der Waals surface area contributed by atoms with Gasteiger partial charge in [0.15, 0.2) is 11.5 Å². The number of phenolic OH excluding ortho intramolecular Hbond substituents is 1. The van der Waals surface area contributed by atoms with Crippen molar-refractivity contribution >= 4 is 45.7 Å². The number of nitrogens with zero attached hydrogens (tertiary/aromatic N) is 1. The first-order valence-electron chi connectivity index (χ1n) is 10.1. The Morgan fingerprint density at radius 3 is 2.64 bits per heavy atom. The number of ether oxygens (including phenoxy) is 2. The first kappa shape index (κ1) is 20.9. The second-order valence-electron chi connectivity index (χ2n) is 7.42. The number of imide groups is 1. The molecule has 0 aliphatic carbocycles. The molecule has 0 saturated carbocycles. The molecule has 1 fully saturated rings. The second kappa shape index (κ2) is 8.51. The molecule has 5 rings (SSSR count). The Labute approximate surface area is 192 Å². The third-order valence-corrected chi connectivity index (χ3v) is 6.20. The van der Waals surface area contributed by atoms with Gasteiger partial charge in [0.1, 0.15) is 5.75 Å². The van der Waals surface area contributed by atoms with E-state index in [1.807, 2.05) is 24.3 Å². The number of thioether (sulfide) groups is 1. The van der Waals surface area contributed by atoms with E-state index in [1.165, 1.54) is 6.07 Å². The van der Waals surface area contributed by atoms with Crippen molar-refractivity contribution < 1.29 is 29.0 Å². The first-order chi connectivity index (χ1) is 16.0. The number of hydrogen-bond donors (Lipinski definition) is 2. The second-order valence-corrected chi connectivity index (χ2v) is 8.41. The lowest BCUT2D eigenvalue weighted by Crippen LogP contribution is -2.37. The fraction of sp³-hybridized carbons (Fsp3) is 0.125. The van der Waals surface area contributed by atoms with E-state index in [0.29, 0.717) is 17.1 Å². The zero-order valence-corrected chi connectivity index (χ0v) is 18.1. The van der Waals surface area contributed by atoms with E-state index in [0.717, 1.165) is 27.4 Å². The van der Waals surface area contributed by atoms with Gasteiger partial charge in [0.2, 0.25) is 6.79 Å². The molecule has 0 aromatic heterocycles. The van der Waals surface area contributed by atoms with Crippen LogP contribution in [0.5, 0.6) is 17.2 Å². The molecule has 2 N–H and O–H groups in total. The fourth-order valence-corrected chi connectivity index (χ4v) is 4.50. The number of rotatable bonds is 5. The topological polar surface area (TPSA) is 105 Å². The number of carbonyl (C=O) groups is 3. The highest BCUT2D eigenvalue weighted by Crippen LogP contribution is 2.36. The van der Waals surface area contributed by atoms with Crippen LogP contribution in [0.15, 0.2) is 59.5 Å².